The highest BCUT2D eigenvalue weighted by Crippen LogP contribution is 2.43. The van der Waals surface area contributed by atoms with Crippen molar-refractivity contribution in [2.75, 3.05) is 31.6 Å². The number of pyridine rings is 1. The van der Waals surface area contributed by atoms with E-state index in [2.05, 4.69) is 40.9 Å². The summed E-state index contributed by atoms with van der Waals surface area (Å²) in [7, 11) is 0. The number of carbonyl (C=O) groups excluding carboxylic acids is 1. The highest BCUT2D eigenvalue weighted by Gasteiger charge is 2.41. The minimum atomic E-state index is 0.00553. The molecule has 0 saturated carbocycles. The largest absolute Gasteiger partial charge is 0.378 e. The number of ether oxygens (including phenoxy) is 1. The third-order valence-electron chi connectivity index (χ3n) is 7.44. The van der Waals surface area contributed by atoms with Crippen LogP contribution < -0.4 is 5.32 Å². The average Bonchev–Trinajstić information content (AvgIpc) is 3.30. The molecule has 1 spiro atoms. The first-order valence-corrected chi connectivity index (χ1v) is 11.3. The van der Waals surface area contributed by atoms with Gasteiger partial charge < -0.3 is 19.4 Å². The molecule has 6 nitrogen and oxygen atoms in total. The van der Waals surface area contributed by atoms with E-state index >= 15 is 0 Å². The molecule has 2 aromatic heterocycles. The predicted molar refractivity (Wildman–Crippen MR) is 120 cm³/mol. The number of imidazole rings is 1. The maximum Gasteiger partial charge on any atom is 0.255 e. The van der Waals surface area contributed by atoms with Gasteiger partial charge in [-0.25, -0.2) is 4.98 Å². The Hall–Kier alpha value is -2.86. The standard InChI is InChI=1S/C25H28N4O2/c1-16-17(2)29-15-21(24(30)28-9-11-31-12-10-28)20-7-8-25(27-22(20)23(29)26-16)13-18-5-3-4-6-19(18)14-25/h3-6,15,27H,7-14H2,1-2H3. The second-order valence-electron chi connectivity index (χ2n) is 9.30. The van der Waals surface area contributed by atoms with Gasteiger partial charge in [0.1, 0.15) is 0 Å². The zero-order valence-electron chi connectivity index (χ0n) is 18.2. The second-order valence-corrected chi connectivity index (χ2v) is 9.30. The molecule has 1 saturated heterocycles. The summed E-state index contributed by atoms with van der Waals surface area (Å²) in [6, 6.07) is 8.76. The van der Waals surface area contributed by atoms with Gasteiger partial charge in [0.15, 0.2) is 5.65 Å². The van der Waals surface area contributed by atoms with E-state index in [9.17, 15) is 4.79 Å². The van der Waals surface area contributed by atoms with Crippen molar-refractivity contribution in [3.63, 3.8) is 0 Å². The molecule has 0 unspecified atom stereocenters. The highest BCUT2D eigenvalue weighted by atomic mass is 16.5. The Kier molecular flexibility index (Phi) is 4.15. The summed E-state index contributed by atoms with van der Waals surface area (Å²) in [4.78, 5) is 20.4. The van der Waals surface area contributed by atoms with Crippen molar-refractivity contribution in [3.8, 4) is 0 Å². The van der Waals surface area contributed by atoms with E-state index in [1.807, 2.05) is 18.0 Å². The van der Waals surface area contributed by atoms with Gasteiger partial charge in [-0.1, -0.05) is 24.3 Å². The molecule has 160 valence electrons. The van der Waals surface area contributed by atoms with Gasteiger partial charge in [0, 0.05) is 30.5 Å². The SMILES string of the molecule is Cc1nc2c3c(c(C(=O)N4CCOCC4)cn2c1C)CCC1(Cc2ccccc2C1)N3. The van der Waals surface area contributed by atoms with Gasteiger partial charge in [0.05, 0.1) is 30.2 Å². The number of fused-ring (bicyclic) bond motifs is 4. The fraction of sp³-hybridized carbons (Fsp3) is 0.440. The number of hydrogen-bond acceptors (Lipinski definition) is 4. The van der Waals surface area contributed by atoms with Crippen LogP contribution in [0.3, 0.4) is 0 Å². The first-order chi connectivity index (χ1) is 15.0. The van der Waals surface area contributed by atoms with E-state index in [0.717, 1.165) is 59.5 Å². The number of aromatic nitrogens is 2. The van der Waals surface area contributed by atoms with Crippen LogP contribution in [-0.2, 0) is 24.0 Å². The van der Waals surface area contributed by atoms with Gasteiger partial charge in [0.25, 0.3) is 5.91 Å². The number of hydrogen-bond donors (Lipinski definition) is 1. The van der Waals surface area contributed by atoms with E-state index in [4.69, 9.17) is 9.72 Å². The number of nitrogens with zero attached hydrogens (tertiary/aromatic N) is 3. The molecule has 6 heteroatoms. The van der Waals surface area contributed by atoms with Gasteiger partial charge in [-0.3, -0.25) is 4.79 Å². The van der Waals surface area contributed by atoms with E-state index in [1.54, 1.807) is 0 Å². The minimum absolute atomic E-state index is 0.00553. The smallest absolute Gasteiger partial charge is 0.255 e. The number of benzene rings is 1. The van der Waals surface area contributed by atoms with Gasteiger partial charge in [-0.05, 0) is 56.2 Å². The normalized spacial score (nSPS) is 19.4. The summed E-state index contributed by atoms with van der Waals surface area (Å²) in [6.07, 6.45) is 5.98. The van der Waals surface area contributed by atoms with E-state index in [1.165, 1.54) is 11.1 Å². The van der Waals surface area contributed by atoms with Crippen molar-refractivity contribution in [3.05, 3.63) is 64.1 Å². The highest BCUT2D eigenvalue weighted by molar-refractivity contribution is 5.99. The van der Waals surface area contributed by atoms with Crippen molar-refractivity contribution in [2.24, 2.45) is 0 Å². The number of aryl methyl sites for hydroxylation is 2. The molecule has 1 aromatic carbocycles. The first kappa shape index (κ1) is 18.9. The molecule has 3 aliphatic rings. The van der Waals surface area contributed by atoms with Crippen molar-refractivity contribution in [1.29, 1.82) is 0 Å². The lowest BCUT2D eigenvalue weighted by Gasteiger charge is -2.38. The third-order valence-corrected chi connectivity index (χ3v) is 7.44. The second kappa shape index (κ2) is 6.82. The van der Waals surface area contributed by atoms with Crippen molar-refractivity contribution < 1.29 is 9.53 Å². The van der Waals surface area contributed by atoms with Crippen LogP contribution >= 0.6 is 0 Å². The predicted octanol–water partition coefficient (Wildman–Crippen LogP) is 3.32. The third kappa shape index (κ3) is 2.88. The molecule has 6 rings (SSSR count). The van der Waals surface area contributed by atoms with Gasteiger partial charge in [-0.2, -0.15) is 0 Å². The molecular formula is C25H28N4O2. The lowest BCUT2D eigenvalue weighted by molar-refractivity contribution is 0.0301. The molecule has 1 amide bonds. The lowest BCUT2D eigenvalue weighted by Crippen LogP contribution is -2.44. The Balaban J connectivity index is 1.47. The summed E-state index contributed by atoms with van der Waals surface area (Å²) in [5.41, 5.74) is 8.90. The van der Waals surface area contributed by atoms with Gasteiger partial charge in [0.2, 0.25) is 0 Å². The molecule has 0 atom stereocenters. The summed E-state index contributed by atoms with van der Waals surface area (Å²) >= 11 is 0. The fourth-order valence-electron chi connectivity index (χ4n) is 5.60. The number of nitrogens with one attached hydrogen (secondary N) is 1. The van der Waals surface area contributed by atoms with Crippen LogP contribution in [0.5, 0.6) is 0 Å². The van der Waals surface area contributed by atoms with Crippen molar-refractivity contribution in [2.45, 2.75) is 45.1 Å². The van der Waals surface area contributed by atoms with Gasteiger partial charge in [-0.15, -0.1) is 0 Å². The Labute approximate surface area is 182 Å². The minimum Gasteiger partial charge on any atom is -0.378 e. The molecule has 1 aliphatic carbocycles. The quantitative estimate of drug-likeness (QED) is 0.661. The summed E-state index contributed by atoms with van der Waals surface area (Å²) in [6.45, 7) is 6.65. The van der Waals surface area contributed by atoms with Crippen LogP contribution in [0.4, 0.5) is 5.69 Å². The van der Waals surface area contributed by atoms with Crippen LogP contribution in [0.2, 0.25) is 0 Å². The van der Waals surface area contributed by atoms with E-state index in [-0.39, 0.29) is 11.4 Å². The number of morpholine rings is 1. The number of anilines is 1. The van der Waals surface area contributed by atoms with Crippen molar-refractivity contribution >= 4 is 17.2 Å². The molecule has 0 radical (unpaired) electrons. The van der Waals surface area contributed by atoms with E-state index < -0.39 is 0 Å². The van der Waals surface area contributed by atoms with Crippen LogP contribution in [0, 0.1) is 13.8 Å². The van der Waals surface area contributed by atoms with Crippen LogP contribution in [0.15, 0.2) is 30.5 Å². The molecule has 0 bridgehead atoms. The molecule has 4 heterocycles. The number of amides is 1. The number of carbonyl (C=O) groups is 1. The Bertz CT molecular complexity index is 1180. The van der Waals surface area contributed by atoms with Crippen LogP contribution in [0.1, 0.15) is 44.9 Å². The Morgan fingerprint density at radius 1 is 1.13 bits per heavy atom. The molecule has 1 N–H and O–H groups in total. The van der Waals surface area contributed by atoms with Crippen LogP contribution in [-0.4, -0.2) is 52.0 Å². The summed E-state index contributed by atoms with van der Waals surface area (Å²) in [5.74, 6) is 0.111. The van der Waals surface area contributed by atoms with Gasteiger partial charge >= 0.3 is 0 Å². The maximum atomic E-state index is 13.5. The molecule has 2 aliphatic heterocycles. The Morgan fingerprint density at radius 2 is 1.84 bits per heavy atom. The zero-order chi connectivity index (χ0) is 21.2. The molecule has 3 aromatic rings. The zero-order valence-corrected chi connectivity index (χ0v) is 18.2. The lowest BCUT2D eigenvalue weighted by atomic mass is 9.82. The fourth-order valence-corrected chi connectivity index (χ4v) is 5.60. The van der Waals surface area contributed by atoms with Crippen LogP contribution in [0.25, 0.3) is 5.65 Å². The summed E-state index contributed by atoms with van der Waals surface area (Å²) < 4.78 is 7.57. The monoisotopic (exact) mass is 416 g/mol. The molecule has 31 heavy (non-hydrogen) atoms. The molecule has 1 fully saturated rings. The average molecular weight is 417 g/mol. The molecular weight excluding hydrogens is 388 g/mol. The van der Waals surface area contributed by atoms with E-state index in [0.29, 0.717) is 26.3 Å². The van der Waals surface area contributed by atoms with Crippen molar-refractivity contribution in [1.82, 2.24) is 14.3 Å². The first-order valence-electron chi connectivity index (χ1n) is 11.3. The Morgan fingerprint density at radius 3 is 2.55 bits per heavy atom. The maximum absolute atomic E-state index is 13.5. The summed E-state index contributed by atoms with van der Waals surface area (Å²) in [5, 5.41) is 3.92. The topological polar surface area (TPSA) is 58.9 Å². The number of rotatable bonds is 1.